The van der Waals surface area contributed by atoms with Gasteiger partial charge in [-0.25, -0.2) is 8.42 Å². The highest BCUT2D eigenvalue weighted by molar-refractivity contribution is 9.10. The summed E-state index contributed by atoms with van der Waals surface area (Å²) < 4.78 is 26.7. The topological polar surface area (TPSA) is 86.8 Å². The van der Waals surface area contributed by atoms with Crippen LogP contribution in [0.5, 0.6) is 0 Å². The van der Waals surface area contributed by atoms with E-state index in [1.165, 1.54) is 4.90 Å². The summed E-state index contributed by atoms with van der Waals surface area (Å²) in [5.41, 5.74) is 0.792. The molecule has 2 amide bonds. The third-order valence-corrected chi connectivity index (χ3v) is 7.08. The molecule has 11 heteroatoms. The van der Waals surface area contributed by atoms with Gasteiger partial charge in [-0.1, -0.05) is 45.2 Å². The van der Waals surface area contributed by atoms with Crippen LogP contribution in [0.25, 0.3) is 0 Å². The van der Waals surface area contributed by atoms with Crippen LogP contribution >= 0.6 is 39.1 Å². The molecule has 0 bridgehead atoms. The Balaban J connectivity index is 2.43. The third kappa shape index (κ3) is 6.84. The molecule has 0 saturated carbocycles. The molecule has 174 valence electrons. The number of hydrogen-bond donors (Lipinski definition) is 1. The first-order chi connectivity index (χ1) is 15.0. The number of likely N-dealkylation sites (N-methyl/N-ethyl adjacent to an activating group) is 1. The SMILES string of the molecule is CCNC(=O)[C@H](C)N(Cc1c(Cl)cccc1Cl)C(=O)CN(c1ccc(Br)cc1)S(C)(=O)=O. The normalized spacial score (nSPS) is 12.2. The lowest BCUT2D eigenvalue weighted by Crippen LogP contribution is -2.51. The molecule has 0 saturated heterocycles. The zero-order valence-corrected chi connectivity index (χ0v) is 21.7. The summed E-state index contributed by atoms with van der Waals surface area (Å²) in [7, 11) is -3.79. The van der Waals surface area contributed by atoms with Gasteiger partial charge in [0, 0.05) is 33.2 Å². The second-order valence-electron chi connectivity index (χ2n) is 7.04. The van der Waals surface area contributed by atoms with Gasteiger partial charge in [0.05, 0.1) is 11.9 Å². The average Bonchev–Trinajstić information content (AvgIpc) is 2.71. The predicted molar refractivity (Wildman–Crippen MR) is 131 cm³/mol. The molecule has 0 aromatic heterocycles. The molecule has 32 heavy (non-hydrogen) atoms. The van der Waals surface area contributed by atoms with Crippen molar-refractivity contribution < 1.29 is 18.0 Å². The van der Waals surface area contributed by atoms with Crippen molar-refractivity contribution in [3.63, 3.8) is 0 Å². The van der Waals surface area contributed by atoms with Gasteiger partial charge in [-0.2, -0.15) is 0 Å². The van der Waals surface area contributed by atoms with E-state index in [1.807, 2.05) is 0 Å². The highest BCUT2D eigenvalue weighted by atomic mass is 79.9. The summed E-state index contributed by atoms with van der Waals surface area (Å²) in [6.07, 6.45) is 1.02. The quantitative estimate of drug-likeness (QED) is 0.497. The summed E-state index contributed by atoms with van der Waals surface area (Å²) in [5, 5.41) is 3.36. The Bertz CT molecular complexity index is 1060. The molecule has 1 atom stereocenters. The number of carbonyl (C=O) groups is 2. The maximum atomic E-state index is 13.4. The van der Waals surface area contributed by atoms with Gasteiger partial charge >= 0.3 is 0 Å². The summed E-state index contributed by atoms with van der Waals surface area (Å²) >= 11 is 15.9. The van der Waals surface area contributed by atoms with Crippen LogP contribution in [0.15, 0.2) is 46.9 Å². The summed E-state index contributed by atoms with van der Waals surface area (Å²) in [5.74, 6) is -0.952. The number of amides is 2. The predicted octanol–water partition coefficient (Wildman–Crippen LogP) is 4.08. The second-order valence-corrected chi connectivity index (χ2v) is 10.7. The van der Waals surface area contributed by atoms with Gasteiger partial charge in [-0.3, -0.25) is 13.9 Å². The van der Waals surface area contributed by atoms with Gasteiger partial charge in [0.15, 0.2) is 0 Å². The standard InChI is InChI=1S/C21H24BrCl2N3O4S/c1-4-25-21(29)14(2)26(12-17-18(23)6-5-7-19(17)24)20(28)13-27(32(3,30)31)16-10-8-15(22)9-11-16/h5-11,14H,4,12-13H2,1-3H3,(H,25,29)/t14-/m0/s1. The Kier molecular flexibility index (Phi) is 9.39. The molecule has 0 spiro atoms. The fourth-order valence-corrected chi connectivity index (χ4v) is 4.61. The van der Waals surface area contributed by atoms with E-state index in [-0.39, 0.29) is 12.5 Å². The molecule has 0 aliphatic heterocycles. The molecule has 0 heterocycles. The lowest BCUT2D eigenvalue weighted by Gasteiger charge is -2.31. The van der Waals surface area contributed by atoms with Crippen molar-refractivity contribution in [3.8, 4) is 0 Å². The van der Waals surface area contributed by atoms with Gasteiger partial charge in [0.25, 0.3) is 0 Å². The molecule has 2 aromatic rings. The Hall–Kier alpha value is -1.81. The minimum atomic E-state index is -3.79. The smallest absolute Gasteiger partial charge is 0.244 e. The van der Waals surface area contributed by atoms with Crippen molar-refractivity contribution in [2.75, 3.05) is 23.7 Å². The lowest BCUT2D eigenvalue weighted by molar-refractivity contribution is -0.139. The van der Waals surface area contributed by atoms with Crippen molar-refractivity contribution in [1.82, 2.24) is 10.2 Å². The molecule has 0 fully saturated rings. The number of nitrogens with one attached hydrogen (secondary N) is 1. The highest BCUT2D eigenvalue weighted by Crippen LogP contribution is 2.27. The first-order valence-corrected chi connectivity index (χ1v) is 13.1. The zero-order valence-electron chi connectivity index (χ0n) is 17.8. The molecule has 2 aromatic carbocycles. The molecule has 0 aliphatic carbocycles. The summed E-state index contributed by atoms with van der Waals surface area (Å²) in [4.78, 5) is 27.2. The highest BCUT2D eigenvalue weighted by Gasteiger charge is 2.30. The fourth-order valence-electron chi connectivity index (χ4n) is 2.98. The monoisotopic (exact) mass is 563 g/mol. The Labute approximate surface area is 206 Å². The number of rotatable bonds is 9. The summed E-state index contributed by atoms with van der Waals surface area (Å²) in [6, 6.07) is 10.6. The maximum absolute atomic E-state index is 13.4. The molecule has 2 rings (SSSR count). The molecular formula is C21H24BrCl2N3O4S. The fraction of sp³-hybridized carbons (Fsp3) is 0.333. The van der Waals surface area contributed by atoms with Crippen molar-refractivity contribution >= 4 is 66.7 Å². The van der Waals surface area contributed by atoms with E-state index in [9.17, 15) is 18.0 Å². The molecule has 0 radical (unpaired) electrons. The first-order valence-electron chi connectivity index (χ1n) is 9.69. The van der Waals surface area contributed by atoms with Crippen molar-refractivity contribution in [3.05, 3.63) is 62.5 Å². The van der Waals surface area contributed by atoms with E-state index in [1.54, 1.807) is 56.3 Å². The van der Waals surface area contributed by atoms with Crippen molar-refractivity contribution in [2.45, 2.75) is 26.4 Å². The number of sulfonamides is 1. The Morgan fingerprint density at radius 3 is 2.16 bits per heavy atom. The van der Waals surface area contributed by atoms with E-state index < -0.39 is 28.5 Å². The van der Waals surface area contributed by atoms with Crippen LogP contribution in [0.1, 0.15) is 19.4 Å². The number of nitrogens with zero attached hydrogens (tertiary/aromatic N) is 2. The molecular weight excluding hydrogens is 541 g/mol. The average molecular weight is 565 g/mol. The Morgan fingerprint density at radius 2 is 1.66 bits per heavy atom. The molecule has 0 aliphatic rings. The van der Waals surface area contributed by atoms with Gasteiger partial charge in [-0.15, -0.1) is 0 Å². The number of hydrogen-bond acceptors (Lipinski definition) is 4. The minimum Gasteiger partial charge on any atom is -0.355 e. The van der Waals surface area contributed by atoms with Gasteiger partial charge in [0.1, 0.15) is 12.6 Å². The zero-order chi connectivity index (χ0) is 24.1. The Morgan fingerprint density at radius 1 is 1.09 bits per heavy atom. The second kappa shape index (κ2) is 11.4. The van der Waals surface area contributed by atoms with Crippen LogP contribution in [0.3, 0.4) is 0 Å². The minimum absolute atomic E-state index is 0.0619. The van der Waals surface area contributed by atoms with E-state index in [2.05, 4.69) is 21.2 Å². The van der Waals surface area contributed by atoms with Gasteiger partial charge in [-0.05, 0) is 50.2 Å². The molecule has 7 nitrogen and oxygen atoms in total. The van der Waals surface area contributed by atoms with Gasteiger partial charge < -0.3 is 10.2 Å². The van der Waals surface area contributed by atoms with Crippen LogP contribution in [-0.2, 0) is 26.2 Å². The van der Waals surface area contributed by atoms with Gasteiger partial charge in [0.2, 0.25) is 21.8 Å². The van der Waals surface area contributed by atoms with Crippen LogP contribution in [-0.4, -0.2) is 50.5 Å². The van der Waals surface area contributed by atoms with Crippen molar-refractivity contribution in [1.29, 1.82) is 0 Å². The van der Waals surface area contributed by atoms with E-state index in [4.69, 9.17) is 23.2 Å². The number of benzene rings is 2. The van der Waals surface area contributed by atoms with E-state index in [0.29, 0.717) is 27.8 Å². The van der Waals surface area contributed by atoms with Crippen LogP contribution in [0.4, 0.5) is 5.69 Å². The molecule has 1 N–H and O–H groups in total. The van der Waals surface area contributed by atoms with Crippen molar-refractivity contribution in [2.24, 2.45) is 0 Å². The third-order valence-electron chi connectivity index (χ3n) is 4.70. The number of anilines is 1. The maximum Gasteiger partial charge on any atom is 0.244 e. The molecule has 0 unspecified atom stereocenters. The number of carbonyl (C=O) groups excluding carboxylic acids is 2. The first kappa shape index (κ1) is 26.4. The van der Waals surface area contributed by atoms with Crippen LogP contribution < -0.4 is 9.62 Å². The summed E-state index contributed by atoms with van der Waals surface area (Å²) in [6.45, 7) is 3.16. The lowest BCUT2D eigenvalue weighted by atomic mass is 10.1. The van der Waals surface area contributed by atoms with Crippen LogP contribution in [0.2, 0.25) is 10.0 Å². The van der Waals surface area contributed by atoms with E-state index in [0.717, 1.165) is 15.0 Å². The largest absolute Gasteiger partial charge is 0.355 e. The van der Waals surface area contributed by atoms with Crippen LogP contribution in [0, 0.1) is 0 Å². The van der Waals surface area contributed by atoms with E-state index >= 15 is 0 Å². The number of halogens is 3.